The number of benzene rings is 1. The molecular weight excluding hydrogens is 292 g/mol. The first-order valence-electron chi connectivity index (χ1n) is 7.18. The third-order valence-corrected chi connectivity index (χ3v) is 3.34. The van der Waals surface area contributed by atoms with Gasteiger partial charge in [-0.1, -0.05) is 12.1 Å². The van der Waals surface area contributed by atoms with E-state index in [0.29, 0.717) is 18.0 Å². The van der Waals surface area contributed by atoms with E-state index in [1.807, 2.05) is 30.3 Å². The van der Waals surface area contributed by atoms with E-state index in [2.05, 4.69) is 4.98 Å². The fourth-order valence-electron chi connectivity index (χ4n) is 2.09. The van der Waals surface area contributed by atoms with Gasteiger partial charge in [0.05, 0.1) is 14.2 Å². The lowest BCUT2D eigenvalue weighted by Gasteiger charge is -2.14. The molecule has 1 aromatic carbocycles. The number of amides is 1. The first-order chi connectivity index (χ1) is 11.1. The number of nitrogens with zero attached hydrogens (tertiary/aromatic N) is 2. The number of aromatic nitrogens is 1. The molecule has 5 nitrogen and oxygen atoms in total. The lowest BCUT2D eigenvalue weighted by atomic mass is 10.2. The molecule has 0 aliphatic rings. The summed E-state index contributed by atoms with van der Waals surface area (Å²) in [5.41, 5.74) is 1.86. The molecule has 0 unspecified atom stereocenters. The standard InChI is InChI=1S/C18H20N2O3/c1-20(13-15-5-4-10-19-12-15)18(21)9-7-14-6-8-16(22-2)17(11-14)23-3/h4-12H,13H2,1-3H3/b9-7+. The zero-order chi connectivity index (χ0) is 16.7. The highest BCUT2D eigenvalue weighted by molar-refractivity contribution is 5.91. The van der Waals surface area contributed by atoms with E-state index < -0.39 is 0 Å². The van der Waals surface area contributed by atoms with Crippen molar-refractivity contribution in [3.05, 3.63) is 59.9 Å². The van der Waals surface area contributed by atoms with Crippen LogP contribution in [0.3, 0.4) is 0 Å². The van der Waals surface area contributed by atoms with E-state index in [-0.39, 0.29) is 5.91 Å². The zero-order valence-electron chi connectivity index (χ0n) is 13.5. The molecule has 0 saturated carbocycles. The van der Waals surface area contributed by atoms with Gasteiger partial charge in [0.1, 0.15) is 0 Å². The maximum atomic E-state index is 12.2. The van der Waals surface area contributed by atoms with Crippen LogP contribution in [0.4, 0.5) is 0 Å². The van der Waals surface area contributed by atoms with Crippen LogP contribution >= 0.6 is 0 Å². The van der Waals surface area contributed by atoms with Crippen LogP contribution in [-0.2, 0) is 11.3 Å². The van der Waals surface area contributed by atoms with E-state index >= 15 is 0 Å². The van der Waals surface area contributed by atoms with Crippen LogP contribution in [-0.4, -0.2) is 37.1 Å². The van der Waals surface area contributed by atoms with E-state index in [1.165, 1.54) is 6.08 Å². The molecule has 0 N–H and O–H groups in total. The molecule has 120 valence electrons. The molecule has 0 aliphatic carbocycles. The Morgan fingerprint density at radius 3 is 2.65 bits per heavy atom. The Labute approximate surface area is 136 Å². The molecule has 1 aromatic heterocycles. The summed E-state index contributed by atoms with van der Waals surface area (Å²) in [6.07, 6.45) is 6.76. The van der Waals surface area contributed by atoms with Crippen molar-refractivity contribution < 1.29 is 14.3 Å². The van der Waals surface area contributed by atoms with Crippen LogP contribution in [0.25, 0.3) is 6.08 Å². The van der Waals surface area contributed by atoms with E-state index in [9.17, 15) is 4.79 Å². The normalized spacial score (nSPS) is 10.6. The van der Waals surface area contributed by atoms with Gasteiger partial charge >= 0.3 is 0 Å². The number of hydrogen-bond donors (Lipinski definition) is 0. The van der Waals surface area contributed by atoms with Gasteiger partial charge in [-0.05, 0) is 35.4 Å². The quantitative estimate of drug-likeness (QED) is 0.770. The molecule has 0 radical (unpaired) electrons. The monoisotopic (exact) mass is 312 g/mol. The predicted octanol–water partition coefficient (Wildman–Crippen LogP) is 2.77. The first-order valence-corrected chi connectivity index (χ1v) is 7.18. The fourth-order valence-corrected chi connectivity index (χ4v) is 2.09. The molecule has 1 heterocycles. The second kappa shape index (κ2) is 7.98. The van der Waals surface area contributed by atoms with Crippen molar-refractivity contribution in [3.63, 3.8) is 0 Å². The van der Waals surface area contributed by atoms with Crippen molar-refractivity contribution in [2.45, 2.75) is 6.54 Å². The molecule has 0 aliphatic heterocycles. The third kappa shape index (κ3) is 4.57. The minimum absolute atomic E-state index is 0.0800. The number of ether oxygens (including phenoxy) is 2. The van der Waals surface area contributed by atoms with Crippen LogP contribution < -0.4 is 9.47 Å². The molecule has 23 heavy (non-hydrogen) atoms. The average molecular weight is 312 g/mol. The SMILES string of the molecule is COc1ccc(/C=C/C(=O)N(C)Cc2cccnc2)cc1OC. The summed E-state index contributed by atoms with van der Waals surface area (Å²) < 4.78 is 10.4. The average Bonchev–Trinajstić information content (AvgIpc) is 2.60. The molecule has 1 amide bonds. The van der Waals surface area contributed by atoms with Gasteiger partial charge in [-0.2, -0.15) is 0 Å². The number of pyridine rings is 1. The Bertz CT molecular complexity index is 684. The van der Waals surface area contributed by atoms with Gasteiger partial charge in [-0.3, -0.25) is 9.78 Å². The predicted molar refractivity (Wildman–Crippen MR) is 89.3 cm³/mol. The number of carbonyl (C=O) groups excluding carboxylic acids is 1. The fraction of sp³-hybridized carbons (Fsp3) is 0.222. The summed E-state index contributed by atoms with van der Waals surface area (Å²) >= 11 is 0. The van der Waals surface area contributed by atoms with E-state index in [0.717, 1.165) is 11.1 Å². The summed E-state index contributed by atoms with van der Waals surface area (Å²) in [6.45, 7) is 0.517. The van der Waals surface area contributed by atoms with Crippen molar-refractivity contribution in [2.75, 3.05) is 21.3 Å². The van der Waals surface area contributed by atoms with Gasteiger partial charge < -0.3 is 14.4 Å². The Kier molecular flexibility index (Phi) is 5.74. The highest BCUT2D eigenvalue weighted by atomic mass is 16.5. The topological polar surface area (TPSA) is 51.7 Å². The molecule has 0 saturated heterocycles. The molecule has 0 fully saturated rings. The summed E-state index contributed by atoms with van der Waals surface area (Å²) in [5.74, 6) is 1.21. The zero-order valence-corrected chi connectivity index (χ0v) is 13.5. The van der Waals surface area contributed by atoms with Crippen LogP contribution in [0.5, 0.6) is 11.5 Å². The molecule has 0 spiro atoms. The first kappa shape index (κ1) is 16.5. The van der Waals surface area contributed by atoms with Crippen molar-refractivity contribution in [2.24, 2.45) is 0 Å². The molecule has 2 rings (SSSR count). The number of hydrogen-bond acceptors (Lipinski definition) is 4. The molecule has 0 bridgehead atoms. The summed E-state index contributed by atoms with van der Waals surface area (Å²) in [6, 6.07) is 9.29. The smallest absolute Gasteiger partial charge is 0.246 e. The Balaban J connectivity index is 2.03. The number of methoxy groups -OCH3 is 2. The summed E-state index contributed by atoms with van der Waals surface area (Å²) in [4.78, 5) is 17.8. The Hall–Kier alpha value is -2.82. The van der Waals surface area contributed by atoms with Gasteiger partial charge in [0.2, 0.25) is 5.91 Å². The minimum Gasteiger partial charge on any atom is -0.493 e. The lowest BCUT2D eigenvalue weighted by Crippen LogP contribution is -2.24. The Morgan fingerprint density at radius 2 is 2.00 bits per heavy atom. The largest absolute Gasteiger partial charge is 0.493 e. The maximum Gasteiger partial charge on any atom is 0.246 e. The third-order valence-electron chi connectivity index (χ3n) is 3.34. The summed E-state index contributed by atoms with van der Waals surface area (Å²) in [7, 11) is 4.93. The lowest BCUT2D eigenvalue weighted by molar-refractivity contribution is -0.125. The van der Waals surface area contributed by atoms with Crippen LogP contribution in [0.2, 0.25) is 0 Å². The second-order valence-electron chi connectivity index (χ2n) is 5.00. The van der Waals surface area contributed by atoms with Gasteiger partial charge in [0.25, 0.3) is 0 Å². The van der Waals surface area contributed by atoms with Crippen molar-refractivity contribution in [1.29, 1.82) is 0 Å². The maximum absolute atomic E-state index is 12.2. The highest BCUT2D eigenvalue weighted by Crippen LogP contribution is 2.27. The van der Waals surface area contributed by atoms with E-state index in [4.69, 9.17) is 9.47 Å². The van der Waals surface area contributed by atoms with Gasteiger partial charge in [0, 0.05) is 32.1 Å². The molecular formula is C18H20N2O3. The van der Waals surface area contributed by atoms with Crippen molar-refractivity contribution in [1.82, 2.24) is 9.88 Å². The minimum atomic E-state index is -0.0800. The van der Waals surface area contributed by atoms with Crippen molar-refractivity contribution in [3.8, 4) is 11.5 Å². The van der Waals surface area contributed by atoms with Crippen LogP contribution in [0.1, 0.15) is 11.1 Å². The second-order valence-corrected chi connectivity index (χ2v) is 5.00. The van der Waals surface area contributed by atoms with Crippen molar-refractivity contribution >= 4 is 12.0 Å². The van der Waals surface area contributed by atoms with Gasteiger partial charge in [-0.15, -0.1) is 0 Å². The highest BCUT2D eigenvalue weighted by Gasteiger charge is 2.07. The van der Waals surface area contributed by atoms with Gasteiger partial charge in [0.15, 0.2) is 11.5 Å². The van der Waals surface area contributed by atoms with E-state index in [1.54, 1.807) is 44.6 Å². The molecule has 2 aromatic rings. The number of likely N-dealkylation sites (N-methyl/N-ethyl adjacent to an activating group) is 1. The molecule has 5 heteroatoms. The summed E-state index contributed by atoms with van der Waals surface area (Å²) in [5, 5.41) is 0. The molecule has 0 atom stereocenters. The number of carbonyl (C=O) groups is 1. The number of rotatable bonds is 6. The van der Waals surface area contributed by atoms with Gasteiger partial charge in [-0.25, -0.2) is 0 Å². The van der Waals surface area contributed by atoms with Crippen LogP contribution in [0.15, 0.2) is 48.8 Å². The Morgan fingerprint density at radius 1 is 1.22 bits per heavy atom. The van der Waals surface area contributed by atoms with Crippen LogP contribution in [0, 0.1) is 0 Å².